The lowest BCUT2D eigenvalue weighted by molar-refractivity contribution is -0.149. The van der Waals surface area contributed by atoms with Crippen LogP contribution in [0, 0.1) is 0 Å². The van der Waals surface area contributed by atoms with Crippen molar-refractivity contribution >= 4 is 11.9 Å². The minimum absolute atomic E-state index is 0.0900. The molecule has 0 spiro atoms. The molecule has 3 atom stereocenters. The van der Waals surface area contributed by atoms with Crippen molar-refractivity contribution in [2.75, 3.05) is 13.6 Å². The van der Waals surface area contributed by atoms with E-state index >= 15 is 0 Å². The van der Waals surface area contributed by atoms with E-state index in [0.29, 0.717) is 19.4 Å². The molecule has 0 saturated carbocycles. The first-order valence-electron chi connectivity index (χ1n) is 5.37. The number of carboxylic acid groups (broad SMARTS) is 1. The molecule has 1 amide bonds. The Balaban J connectivity index is 2.25. The second-order valence-corrected chi connectivity index (χ2v) is 3.91. The maximum Gasteiger partial charge on any atom is 0.332 e. The number of likely N-dealkylation sites (N-methyl/N-ethyl adjacent to an activating group) is 1. The first-order chi connectivity index (χ1) is 7.54. The molecule has 0 aromatic carbocycles. The predicted octanol–water partition coefficient (Wildman–Crippen LogP) is -0.657. The summed E-state index contributed by atoms with van der Waals surface area (Å²) in [4.78, 5) is 21.8. The van der Waals surface area contributed by atoms with Crippen LogP contribution < -0.4 is 10.6 Å². The third-order valence-corrected chi connectivity index (χ3v) is 2.67. The Labute approximate surface area is 94.3 Å². The smallest absolute Gasteiger partial charge is 0.332 e. The number of ether oxygens (including phenoxy) is 1. The van der Waals surface area contributed by atoms with Gasteiger partial charge in [0.15, 0.2) is 6.10 Å². The summed E-state index contributed by atoms with van der Waals surface area (Å²) >= 11 is 0. The predicted molar refractivity (Wildman–Crippen MR) is 57.1 cm³/mol. The second-order valence-electron chi connectivity index (χ2n) is 3.91. The highest BCUT2D eigenvalue weighted by molar-refractivity contribution is 5.80. The van der Waals surface area contributed by atoms with E-state index in [1.165, 1.54) is 0 Å². The second kappa shape index (κ2) is 5.81. The monoisotopic (exact) mass is 230 g/mol. The topological polar surface area (TPSA) is 87.7 Å². The van der Waals surface area contributed by atoms with Crippen molar-refractivity contribution in [3.8, 4) is 0 Å². The lowest BCUT2D eigenvalue weighted by Gasteiger charge is -2.16. The Kier molecular flexibility index (Phi) is 4.70. The van der Waals surface area contributed by atoms with Gasteiger partial charge in [-0.1, -0.05) is 0 Å². The van der Waals surface area contributed by atoms with E-state index in [9.17, 15) is 9.59 Å². The molecule has 1 heterocycles. The molecule has 1 aliphatic heterocycles. The average molecular weight is 230 g/mol. The van der Waals surface area contributed by atoms with Crippen LogP contribution >= 0.6 is 0 Å². The fourth-order valence-corrected chi connectivity index (χ4v) is 1.65. The van der Waals surface area contributed by atoms with Gasteiger partial charge in [-0.05, 0) is 19.8 Å². The van der Waals surface area contributed by atoms with Gasteiger partial charge in [-0.2, -0.15) is 0 Å². The third-order valence-electron chi connectivity index (χ3n) is 2.67. The highest BCUT2D eigenvalue weighted by Gasteiger charge is 2.30. The van der Waals surface area contributed by atoms with Crippen LogP contribution in [0.15, 0.2) is 0 Å². The van der Waals surface area contributed by atoms with Crippen LogP contribution in [-0.2, 0) is 14.3 Å². The van der Waals surface area contributed by atoms with Gasteiger partial charge in [-0.3, -0.25) is 4.79 Å². The Bertz CT molecular complexity index is 270. The molecule has 1 fully saturated rings. The molecular formula is C10H18N2O4. The van der Waals surface area contributed by atoms with Gasteiger partial charge in [0.2, 0.25) is 5.91 Å². The van der Waals surface area contributed by atoms with Gasteiger partial charge in [0.25, 0.3) is 0 Å². The fraction of sp³-hybridized carbons (Fsp3) is 0.800. The summed E-state index contributed by atoms with van der Waals surface area (Å²) in [5, 5.41) is 14.3. The summed E-state index contributed by atoms with van der Waals surface area (Å²) in [6, 6.07) is -0.294. The van der Waals surface area contributed by atoms with Crippen LogP contribution in [0.25, 0.3) is 0 Å². The quantitative estimate of drug-likeness (QED) is 0.583. The fourth-order valence-electron chi connectivity index (χ4n) is 1.65. The normalized spacial score (nSPS) is 26.4. The van der Waals surface area contributed by atoms with E-state index < -0.39 is 12.1 Å². The Morgan fingerprint density at radius 3 is 2.69 bits per heavy atom. The maximum absolute atomic E-state index is 11.2. The first-order valence-corrected chi connectivity index (χ1v) is 5.37. The molecule has 1 saturated heterocycles. The largest absolute Gasteiger partial charge is 0.479 e. The van der Waals surface area contributed by atoms with Crippen molar-refractivity contribution in [1.29, 1.82) is 0 Å². The number of rotatable bonds is 5. The van der Waals surface area contributed by atoms with Gasteiger partial charge in [-0.25, -0.2) is 4.79 Å². The van der Waals surface area contributed by atoms with Crippen molar-refractivity contribution in [2.24, 2.45) is 0 Å². The van der Waals surface area contributed by atoms with E-state index in [4.69, 9.17) is 9.84 Å². The molecular weight excluding hydrogens is 212 g/mol. The summed E-state index contributed by atoms with van der Waals surface area (Å²) in [5.41, 5.74) is 0. The summed E-state index contributed by atoms with van der Waals surface area (Å²) in [6.45, 7) is 2.25. The number of carboxylic acids is 1. The molecule has 1 aliphatic rings. The minimum atomic E-state index is -0.915. The molecule has 6 nitrogen and oxygen atoms in total. The van der Waals surface area contributed by atoms with Crippen molar-refractivity contribution in [1.82, 2.24) is 10.6 Å². The van der Waals surface area contributed by atoms with Crippen LogP contribution in [0.1, 0.15) is 19.8 Å². The molecule has 0 aliphatic carbocycles. The first kappa shape index (κ1) is 12.9. The molecule has 92 valence electrons. The molecule has 0 aromatic rings. The zero-order chi connectivity index (χ0) is 12.1. The zero-order valence-electron chi connectivity index (χ0n) is 9.53. The molecule has 6 heteroatoms. The number of aliphatic carboxylic acids is 1. The maximum atomic E-state index is 11.2. The molecule has 3 N–H and O–H groups in total. The zero-order valence-corrected chi connectivity index (χ0v) is 9.53. The van der Waals surface area contributed by atoms with Crippen molar-refractivity contribution < 1.29 is 19.4 Å². The average Bonchev–Trinajstić information content (AvgIpc) is 2.73. The molecule has 1 rings (SSSR count). The SMILES string of the molecule is CNC(=O)C(C)NCC1CCC(C(=O)O)O1. The molecule has 3 unspecified atom stereocenters. The van der Waals surface area contributed by atoms with Gasteiger partial charge in [0.1, 0.15) is 0 Å². The van der Waals surface area contributed by atoms with Crippen LogP contribution in [0.5, 0.6) is 0 Å². The number of hydrogen-bond acceptors (Lipinski definition) is 4. The molecule has 0 radical (unpaired) electrons. The van der Waals surface area contributed by atoms with Gasteiger partial charge in [-0.15, -0.1) is 0 Å². The highest BCUT2D eigenvalue weighted by Crippen LogP contribution is 2.19. The van der Waals surface area contributed by atoms with Crippen molar-refractivity contribution in [3.05, 3.63) is 0 Å². The lowest BCUT2D eigenvalue weighted by atomic mass is 10.2. The van der Waals surface area contributed by atoms with E-state index in [-0.39, 0.29) is 18.1 Å². The number of amides is 1. The van der Waals surface area contributed by atoms with Crippen LogP contribution in [0.4, 0.5) is 0 Å². The van der Waals surface area contributed by atoms with Crippen LogP contribution in [0.2, 0.25) is 0 Å². The molecule has 16 heavy (non-hydrogen) atoms. The van der Waals surface area contributed by atoms with Gasteiger partial charge in [0, 0.05) is 13.6 Å². The number of carbonyl (C=O) groups is 2. The van der Waals surface area contributed by atoms with Gasteiger partial charge >= 0.3 is 5.97 Å². The molecule has 0 aromatic heterocycles. The van der Waals surface area contributed by atoms with Gasteiger partial charge < -0.3 is 20.5 Å². The summed E-state index contributed by atoms with van der Waals surface area (Å²) in [5.74, 6) is -1.00. The summed E-state index contributed by atoms with van der Waals surface area (Å²) in [6.07, 6.45) is 0.441. The minimum Gasteiger partial charge on any atom is -0.479 e. The highest BCUT2D eigenvalue weighted by atomic mass is 16.5. The van der Waals surface area contributed by atoms with Crippen molar-refractivity contribution in [2.45, 2.75) is 38.0 Å². The van der Waals surface area contributed by atoms with E-state index in [1.54, 1.807) is 14.0 Å². The number of nitrogens with one attached hydrogen (secondary N) is 2. The lowest BCUT2D eigenvalue weighted by Crippen LogP contribution is -2.43. The third kappa shape index (κ3) is 3.46. The Morgan fingerprint density at radius 1 is 1.50 bits per heavy atom. The van der Waals surface area contributed by atoms with E-state index in [1.807, 2.05) is 0 Å². The number of carbonyl (C=O) groups excluding carboxylic acids is 1. The Morgan fingerprint density at radius 2 is 2.19 bits per heavy atom. The van der Waals surface area contributed by atoms with E-state index in [2.05, 4.69) is 10.6 Å². The van der Waals surface area contributed by atoms with E-state index in [0.717, 1.165) is 0 Å². The Hall–Kier alpha value is -1.14. The summed E-state index contributed by atoms with van der Waals surface area (Å²) in [7, 11) is 1.58. The standard InChI is InChI=1S/C10H18N2O4/c1-6(9(13)11-2)12-5-7-3-4-8(16-7)10(14)15/h6-8,12H,3-5H2,1-2H3,(H,11,13)(H,14,15). The summed E-state index contributed by atoms with van der Waals surface area (Å²) < 4.78 is 5.29. The van der Waals surface area contributed by atoms with Gasteiger partial charge in [0.05, 0.1) is 12.1 Å². The van der Waals surface area contributed by atoms with Crippen LogP contribution in [-0.4, -0.2) is 48.8 Å². The van der Waals surface area contributed by atoms with Crippen molar-refractivity contribution in [3.63, 3.8) is 0 Å². The number of hydrogen-bond donors (Lipinski definition) is 3. The molecule has 0 bridgehead atoms. The van der Waals surface area contributed by atoms with Crippen LogP contribution in [0.3, 0.4) is 0 Å².